The third kappa shape index (κ3) is 3.00. The number of phenolic OH excluding ortho intramolecular Hbond substituents is 1. The van der Waals surface area contributed by atoms with Crippen LogP contribution in [-0.4, -0.2) is 11.0 Å². The molecule has 2 N–H and O–H groups in total. The standard InChI is InChI=1S/C12H9ClFNO2S/c13-11-4-2-8(18-11)6-15-12(17)9-3-1-7(16)5-10(9)14/h1-5,16H,6H2,(H,15,17). The average Bonchev–Trinajstić information content (AvgIpc) is 2.72. The summed E-state index contributed by atoms with van der Waals surface area (Å²) in [5.74, 6) is -1.50. The zero-order chi connectivity index (χ0) is 13.1. The zero-order valence-corrected chi connectivity index (χ0v) is 10.7. The quantitative estimate of drug-likeness (QED) is 0.910. The van der Waals surface area contributed by atoms with Gasteiger partial charge >= 0.3 is 0 Å². The van der Waals surface area contributed by atoms with Crippen LogP contribution in [0.5, 0.6) is 5.75 Å². The van der Waals surface area contributed by atoms with E-state index < -0.39 is 11.7 Å². The van der Waals surface area contributed by atoms with Gasteiger partial charge in [-0.2, -0.15) is 0 Å². The topological polar surface area (TPSA) is 49.3 Å². The highest BCUT2D eigenvalue weighted by Crippen LogP contribution is 2.21. The van der Waals surface area contributed by atoms with Crippen molar-refractivity contribution in [1.82, 2.24) is 5.32 Å². The number of phenols is 1. The fourth-order valence-electron chi connectivity index (χ4n) is 1.40. The lowest BCUT2D eigenvalue weighted by Crippen LogP contribution is -2.23. The number of benzene rings is 1. The van der Waals surface area contributed by atoms with Crippen LogP contribution in [0.4, 0.5) is 4.39 Å². The average molecular weight is 286 g/mol. The number of amides is 1. The lowest BCUT2D eigenvalue weighted by molar-refractivity contribution is 0.0947. The van der Waals surface area contributed by atoms with Crippen LogP contribution in [0.1, 0.15) is 15.2 Å². The Morgan fingerprint density at radius 3 is 2.78 bits per heavy atom. The molecule has 18 heavy (non-hydrogen) atoms. The lowest BCUT2D eigenvalue weighted by atomic mass is 10.2. The van der Waals surface area contributed by atoms with Gasteiger partial charge in [0.15, 0.2) is 0 Å². The van der Waals surface area contributed by atoms with Crippen molar-refractivity contribution in [2.24, 2.45) is 0 Å². The summed E-state index contributed by atoms with van der Waals surface area (Å²) in [6.07, 6.45) is 0. The Bertz CT molecular complexity index is 585. The number of halogens is 2. The highest BCUT2D eigenvalue weighted by Gasteiger charge is 2.12. The van der Waals surface area contributed by atoms with E-state index in [1.54, 1.807) is 12.1 Å². The van der Waals surface area contributed by atoms with Crippen LogP contribution in [-0.2, 0) is 6.54 Å². The van der Waals surface area contributed by atoms with E-state index in [9.17, 15) is 9.18 Å². The van der Waals surface area contributed by atoms with E-state index in [1.807, 2.05) is 0 Å². The predicted octanol–water partition coefficient (Wildman–Crippen LogP) is 3.18. The first-order valence-corrected chi connectivity index (χ1v) is 6.26. The SMILES string of the molecule is O=C(NCc1ccc(Cl)s1)c1ccc(O)cc1F. The van der Waals surface area contributed by atoms with Crippen molar-refractivity contribution in [3.8, 4) is 5.75 Å². The van der Waals surface area contributed by atoms with Gasteiger partial charge in [0.1, 0.15) is 11.6 Å². The van der Waals surface area contributed by atoms with Crippen LogP contribution >= 0.6 is 22.9 Å². The second kappa shape index (κ2) is 5.37. The van der Waals surface area contributed by atoms with Gasteiger partial charge in [-0.15, -0.1) is 11.3 Å². The minimum Gasteiger partial charge on any atom is -0.508 e. The molecule has 0 radical (unpaired) electrons. The van der Waals surface area contributed by atoms with Gasteiger partial charge in [0.2, 0.25) is 0 Å². The van der Waals surface area contributed by atoms with Crippen molar-refractivity contribution in [3.05, 3.63) is 50.9 Å². The molecule has 1 heterocycles. The van der Waals surface area contributed by atoms with Crippen LogP contribution in [0.15, 0.2) is 30.3 Å². The fourth-order valence-corrected chi connectivity index (χ4v) is 2.42. The van der Waals surface area contributed by atoms with E-state index in [4.69, 9.17) is 16.7 Å². The van der Waals surface area contributed by atoms with Gasteiger partial charge in [0, 0.05) is 10.9 Å². The fraction of sp³-hybridized carbons (Fsp3) is 0.0833. The van der Waals surface area contributed by atoms with Crippen molar-refractivity contribution < 1.29 is 14.3 Å². The number of rotatable bonds is 3. The first-order valence-electron chi connectivity index (χ1n) is 5.07. The third-order valence-electron chi connectivity index (χ3n) is 2.25. The van der Waals surface area contributed by atoms with Gasteiger partial charge in [-0.3, -0.25) is 4.79 Å². The molecule has 94 valence electrons. The molecule has 0 aliphatic carbocycles. The molecule has 0 atom stereocenters. The largest absolute Gasteiger partial charge is 0.508 e. The molecule has 0 aliphatic rings. The summed E-state index contributed by atoms with van der Waals surface area (Å²) >= 11 is 7.10. The molecule has 3 nitrogen and oxygen atoms in total. The van der Waals surface area contributed by atoms with Gasteiger partial charge in [-0.25, -0.2) is 4.39 Å². The first kappa shape index (κ1) is 12.9. The monoisotopic (exact) mass is 285 g/mol. The number of carbonyl (C=O) groups excluding carboxylic acids is 1. The molecule has 0 spiro atoms. The molecule has 1 aromatic heterocycles. The van der Waals surface area contributed by atoms with Gasteiger partial charge in [-0.1, -0.05) is 11.6 Å². The van der Waals surface area contributed by atoms with E-state index in [-0.39, 0.29) is 17.9 Å². The molecule has 2 aromatic rings. The molecule has 0 saturated heterocycles. The summed E-state index contributed by atoms with van der Waals surface area (Å²) in [5.41, 5.74) is -0.101. The summed E-state index contributed by atoms with van der Waals surface area (Å²) in [7, 11) is 0. The second-order valence-electron chi connectivity index (χ2n) is 3.55. The smallest absolute Gasteiger partial charge is 0.254 e. The molecular weight excluding hydrogens is 277 g/mol. The van der Waals surface area contributed by atoms with Gasteiger partial charge in [0.25, 0.3) is 5.91 Å². The van der Waals surface area contributed by atoms with E-state index in [0.717, 1.165) is 10.9 Å². The van der Waals surface area contributed by atoms with E-state index in [2.05, 4.69) is 5.32 Å². The lowest BCUT2D eigenvalue weighted by Gasteiger charge is -2.05. The number of hydrogen-bond acceptors (Lipinski definition) is 3. The highest BCUT2D eigenvalue weighted by molar-refractivity contribution is 7.16. The Morgan fingerprint density at radius 2 is 2.17 bits per heavy atom. The van der Waals surface area contributed by atoms with Crippen LogP contribution in [0.3, 0.4) is 0 Å². The van der Waals surface area contributed by atoms with Crippen molar-refractivity contribution in [2.75, 3.05) is 0 Å². The Morgan fingerprint density at radius 1 is 1.39 bits per heavy atom. The van der Waals surface area contributed by atoms with Gasteiger partial charge in [0.05, 0.1) is 16.4 Å². The van der Waals surface area contributed by atoms with E-state index >= 15 is 0 Å². The van der Waals surface area contributed by atoms with E-state index in [1.165, 1.54) is 23.5 Å². The maximum atomic E-state index is 13.4. The van der Waals surface area contributed by atoms with Crippen LogP contribution in [0.2, 0.25) is 4.34 Å². The summed E-state index contributed by atoms with van der Waals surface area (Å²) in [4.78, 5) is 12.6. The number of nitrogens with one attached hydrogen (secondary N) is 1. The summed E-state index contributed by atoms with van der Waals surface area (Å²) < 4.78 is 14.0. The van der Waals surface area contributed by atoms with Crippen molar-refractivity contribution >= 4 is 28.8 Å². The predicted molar refractivity (Wildman–Crippen MR) is 68.6 cm³/mol. The molecule has 0 unspecified atom stereocenters. The van der Waals surface area contributed by atoms with Crippen LogP contribution in [0.25, 0.3) is 0 Å². The molecule has 0 fully saturated rings. The first-order chi connectivity index (χ1) is 8.56. The highest BCUT2D eigenvalue weighted by atomic mass is 35.5. The Labute approximate surface area is 112 Å². The van der Waals surface area contributed by atoms with E-state index in [0.29, 0.717) is 4.34 Å². The number of carbonyl (C=O) groups is 1. The van der Waals surface area contributed by atoms with Gasteiger partial charge in [-0.05, 0) is 24.3 Å². The van der Waals surface area contributed by atoms with Crippen LogP contribution < -0.4 is 5.32 Å². The maximum absolute atomic E-state index is 13.4. The molecule has 0 bridgehead atoms. The second-order valence-corrected chi connectivity index (χ2v) is 5.35. The van der Waals surface area contributed by atoms with Crippen molar-refractivity contribution in [3.63, 3.8) is 0 Å². The third-order valence-corrected chi connectivity index (χ3v) is 3.48. The molecule has 6 heteroatoms. The van der Waals surface area contributed by atoms with Gasteiger partial charge < -0.3 is 10.4 Å². The molecule has 1 aromatic carbocycles. The summed E-state index contributed by atoms with van der Waals surface area (Å²) in [6.45, 7) is 0.288. The Balaban J connectivity index is 2.03. The zero-order valence-electron chi connectivity index (χ0n) is 9.11. The molecular formula is C12H9ClFNO2S. The molecule has 2 rings (SSSR count). The number of aromatic hydroxyl groups is 1. The summed E-state index contributed by atoms with van der Waals surface area (Å²) in [5, 5.41) is 11.6. The molecule has 0 saturated carbocycles. The maximum Gasteiger partial charge on any atom is 0.254 e. The Hall–Kier alpha value is -1.59. The molecule has 0 aliphatic heterocycles. The minimum absolute atomic E-state index is 0.101. The van der Waals surface area contributed by atoms with Crippen LogP contribution in [0, 0.1) is 5.82 Å². The normalized spacial score (nSPS) is 10.3. The number of hydrogen-bond donors (Lipinski definition) is 2. The Kier molecular flexibility index (Phi) is 3.84. The van der Waals surface area contributed by atoms with Crippen molar-refractivity contribution in [1.29, 1.82) is 0 Å². The number of thiophene rings is 1. The summed E-state index contributed by atoms with van der Waals surface area (Å²) in [6, 6.07) is 6.92. The molecule has 1 amide bonds. The minimum atomic E-state index is -0.753. The van der Waals surface area contributed by atoms with Crippen molar-refractivity contribution in [2.45, 2.75) is 6.54 Å².